The first kappa shape index (κ1) is 18.4. The maximum Gasteiger partial charge on any atom is 0.313 e. The molecule has 0 aromatic heterocycles. The van der Waals surface area contributed by atoms with E-state index in [-0.39, 0.29) is 17.5 Å². The maximum absolute atomic E-state index is 12.3. The second-order valence-electron chi connectivity index (χ2n) is 7.81. The van der Waals surface area contributed by atoms with Crippen LogP contribution in [0.3, 0.4) is 0 Å². The van der Waals surface area contributed by atoms with Crippen molar-refractivity contribution in [3.8, 4) is 0 Å². The molecular weight excluding hydrogens is 268 g/mol. The van der Waals surface area contributed by atoms with Crippen molar-refractivity contribution in [2.45, 2.75) is 79.6 Å². The summed E-state index contributed by atoms with van der Waals surface area (Å²) in [6.45, 7) is 13.5. The molecule has 0 radical (unpaired) electrons. The summed E-state index contributed by atoms with van der Waals surface area (Å²) in [5, 5.41) is 0. The van der Waals surface area contributed by atoms with E-state index in [0.29, 0.717) is 13.0 Å². The van der Waals surface area contributed by atoms with E-state index < -0.39 is 11.7 Å². The molecule has 124 valence electrons. The van der Waals surface area contributed by atoms with Crippen molar-refractivity contribution in [2.75, 3.05) is 13.2 Å². The lowest BCUT2D eigenvalue weighted by molar-refractivity contribution is -0.199. The molecule has 1 aliphatic rings. The maximum atomic E-state index is 12.3. The lowest BCUT2D eigenvalue weighted by Gasteiger charge is -2.30. The monoisotopic (exact) mass is 300 g/mol. The van der Waals surface area contributed by atoms with Crippen molar-refractivity contribution in [2.24, 2.45) is 10.8 Å². The van der Waals surface area contributed by atoms with E-state index in [9.17, 15) is 4.79 Å². The Bertz CT molecular complexity index is 324. The van der Waals surface area contributed by atoms with Gasteiger partial charge in [-0.2, -0.15) is 0 Å². The molecule has 0 spiro atoms. The van der Waals surface area contributed by atoms with Gasteiger partial charge in [-0.1, -0.05) is 27.7 Å². The normalized spacial score (nSPS) is 21.3. The molecular formula is C17H32O4. The Morgan fingerprint density at radius 3 is 2.43 bits per heavy atom. The van der Waals surface area contributed by atoms with Crippen LogP contribution in [0.5, 0.6) is 0 Å². The number of hydrogen-bond donors (Lipinski definition) is 0. The molecule has 0 aromatic carbocycles. The molecule has 2 unspecified atom stereocenters. The molecule has 0 bridgehead atoms. The minimum atomic E-state index is -0.493. The van der Waals surface area contributed by atoms with Gasteiger partial charge in [0.25, 0.3) is 0 Å². The summed E-state index contributed by atoms with van der Waals surface area (Å²) in [7, 11) is 0. The van der Waals surface area contributed by atoms with Gasteiger partial charge in [-0.25, -0.2) is 0 Å². The summed E-state index contributed by atoms with van der Waals surface area (Å²) in [5.41, 5.74) is -0.429. The average molecular weight is 300 g/mol. The van der Waals surface area contributed by atoms with E-state index in [2.05, 4.69) is 20.8 Å². The Labute approximate surface area is 129 Å². The smallest absolute Gasteiger partial charge is 0.313 e. The number of hydrogen-bond acceptors (Lipinski definition) is 4. The third-order valence-corrected chi connectivity index (χ3v) is 3.95. The fraction of sp³-hybridized carbons (Fsp3) is 0.941. The van der Waals surface area contributed by atoms with Crippen molar-refractivity contribution >= 4 is 5.97 Å². The molecule has 1 fully saturated rings. The van der Waals surface area contributed by atoms with Crippen molar-refractivity contribution in [1.29, 1.82) is 0 Å². The lowest BCUT2D eigenvalue weighted by atomic mass is 9.90. The molecule has 1 rings (SSSR count). The summed E-state index contributed by atoms with van der Waals surface area (Å²) >= 11 is 0. The van der Waals surface area contributed by atoms with E-state index in [0.717, 1.165) is 25.9 Å². The molecule has 0 N–H and O–H groups in total. The lowest BCUT2D eigenvalue weighted by Crippen LogP contribution is -2.34. The molecule has 0 aliphatic carbocycles. The van der Waals surface area contributed by atoms with Gasteiger partial charge in [-0.15, -0.1) is 0 Å². The molecule has 4 nitrogen and oxygen atoms in total. The van der Waals surface area contributed by atoms with Crippen LogP contribution in [0.25, 0.3) is 0 Å². The number of ether oxygens (including phenoxy) is 3. The Kier molecular flexibility index (Phi) is 6.67. The predicted octanol–water partition coefficient (Wildman–Crippen LogP) is 3.92. The van der Waals surface area contributed by atoms with Gasteiger partial charge in [-0.05, 0) is 38.5 Å². The van der Waals surface area contributed by atoms with Crippen molar-refractivity contribution in [3.05, 3.63) is 0 Å². The summed E-state index contributed by atoms with van der Waals surface area (Å²) in [6, 6.07) is 0. The van der Waals surface area contributed by atoms with Crippen molar-refractivity contribution in [3.63, 3.8) is 0 Å². The minimum absolute atomic E-state index is 0.0395. The van der Waals surface area contributed by atoms with Crippen LogP contribution >= 0.6 is 0 Å². The number of carbonyl (C=O) groups is 1. The molecule has 0 aromatic rings. The average Bonchev–Trinajstić information content (AvgIpc) is 2.87. The van der Waals surface area contributed by atoms with E-state index >= 15 is 0 Å². The van der Waals surface area contributed by atoms with E-state index in [1.807, 2.05) is 20.8 Å². The van der Waals surface area contributed by atoms with Crippen LogP contribution in [-0.4, -0.2) is 31.6 Å². The van der Waals surface area contributed by atoms with Crippen molar-refractivity contribution < 1.29 is 19.0 Å². The second kappa shape index (κ2) is 7.59. The largest absolute Gasteiger partial charge is 0.435 e. The Morgan fingerprint density at radius 1 is 1.29 bits per heavy atom. The molecule has 1 heterocycles. The minimum Gasteiger partial charge on any atom is -0.435 e. The highest BCUT2D eigenvalue weighted by Crippen LogP contribution is 2.28. The third kappa shape index (κ3) is 6.79. The van der Waals surface area contributed by atoms with Gasteiger partial charge < -0.3 is 14.2 Å². The van der Waals surface area contributed by atoms with E-state index in [4.69, 9.17) is 14.2 Å². The van der Waals surface area contributed by atoms with Gasteiger partial charge in [-0.3, -0.25) is 4.79 Å². The molecule has 2 atom stereocenters. The number of esters is 1. The first-order valence-corrected chi connectivity index (χ1v) is 8.08. The fourth-order valence-electron chi connectivity index (χ4n) is 2.05. The summed E-state index contributed by atoms with van der Waals surface area (Å²) < 4.78 is 17.0. The molecule has 0 amide bonds. The number of carbonyl (C=O) groups excluding carboxylic acids is 1. The SMILES string of the molecule is CCC(C)(C)C(=O)OC(CC(C)(C)C)OCC1CCCO1. The molecule has 21 heavy (non-hydrogen) atoms. The zero-order valence-corrected chi connectivity index (χ0v) is 14.5. The van der Waals surface area contributed by atoms with Gasteiger partial charge in [0.15, 0.2) is 0 Å². The highest BCUT2D eigenvalue weighted by molar-refractivity contribution is 5.75. The van der Waals surface area contributed by atoms with Crippen LogP contribution in [-0.2, 0) is 19.0 Å². The molecule has 0 saturated carbocycles. The highest BCUT2D eigenvalue weighted by Gasteiger charge is 2.32. The summed E-state index contributed by atoms with van der Waals surface area (Å²) in [5.74, 6) is -0.188. The van der Waals surface area contributed by atoms with Gasteiger partial charge in [0.05, 0.1) is 18.1 Å². The zero-order valence-electron chi connectivity index (χ0n) is 14.5. The van der Waals surface area contributed by atoms with Crippen LogP contribution in [0.4, 0.5) is 0 Å². The Hall–Kier alpha value is -0.610. The standard InChI is InChI=1S/C17H32O4/c1-7-17(5,6)15(18)21-14(11-16(2,3)4)20-12-13-9-8-10-19-13/h13-14H,7-12H2,1-6H3. The molecule has 4 heteroatoms. The summed E-state index contributed by atoms with van der Waals surface area (Å²) in [4.78, 5) is 12.3. The Balaban J connectivity index is 2.56. The van der Waals surface area contributed by atoms with E-state index in [1.165, 1.54) is 0 Å². The highest BCUT2D eigenvalue weighted by atomic mass is 16.7. The van der Waals surface area contributed by atoms with E-state index in [1.54, 1.807) is 0 Å². The predicted molar refractivity (Wildman–Crippen MR) is 83.0 cm³/mol. The van der Waals surface area contributed by atoms with Crippen LogP contribution in [0, 0.1) is 10.8 Å². The Morgan fingerprint density at radius 2 is 1.95 bits per heavy atom. The van der Waals surface area contributed by atoms with Crippen LogP contribution in [0.15, 0.2) is 0 Å². The summed E-state index contributed by atoms with van der Waals surface area (Å²) in [6.07, 6.45) is 3.19. The quantitative estimate of drug-likeness (QED) is 0.528. The van der Waals surface area contributed by atoms with Gasteiger partial charge >= 0.3 is 5.97 Å². The van der Waals surface area contributed by atoms with Gasteiger partial charge in [0, 0.05) is 13.0 Å². The van der Waals surface area contributed by atoms with Crippen LogP contribution in [0.1, 0.15) is 67.2 Å². The van der Waals surface area contributed by atoms with Gasteiger partial charge in [0.1, 0.15) is 0 Å². The topological polar surface area (TPSA) is 44.8 Å². The zero-order chi connectivity index (χ0) is 16.1. The molecule has 1 saturated heterocycles. The molecule has 1 aliphatic heterocycles. The first-order chi connectivity index (χ1) is 9.64. The fourth-order valence-corrected chi connectivity index (χ4v) is 2.05. The van der Waals surface area contributed by atoms with Gasteiger partial charge in [0.2, 0.25) is 6.29 Å². The van der Waals surface area contributed by atoms with Crippen LogP contribution in [0.2, 0.25) is 0 Å². The third-order valence-electron chi connectivity index (χ3n) is 3.95. The van der Waals surface area contributed by atoms with Crippen LogP contribution < -0.4 is 0 Å². The first-order valence-electron chi connectivity index (χ1n) is 8.08. The second-order valence-corrected chi connectivity index (χ2v) is 7.81. The van der Waals surface area contributed by atoms with Crippen molar-refractivity contribution in [1.82, 2.24) is 0 Å². The number of rotatable bonds is 7.